The molecular formula is C12H12ClNO. The molecule has 2 aromatic rings. The smallest absolute Gasteiger partial charge is 0.179 e. The van der Waals surface area contributed by atoms with E-state index in [0.717, 1.165) is 10.9 Å². The second-order valence-corrected chi connectivity index (χ2v) is 4.00. The van der Waals surface area contributed by atoms with Gasteiger partial charge >= 0.3 is 0 Å². The highest BCUT2D eigenvalue weighted by molar-refractivity contribution is 6.32. The highest BCUT2D eigenvalue weighted by Gasteiger charge is 2.12. The standard InChI is InChI=1S/C12H12ClNO/c1-8-3-4-9-10(12(15)6-13)7-14(2)11(9)5-8/h3-5,7H,6H2,1-2H3. The van der Waals surface area contributed by atoms with E-state index in [2.05, 4.69) is 6.07 Å². The molecule has 15 heavy (non-hydrogen) atoms. The minimum atomic E-state index is -0.0221. The van der Waals surface area contributed by atoms with Crippen molar-refractivity contribution in [1.82, 2.24) is 4.57 Å². The number of nitrogens with zero attached hydrogens (tertiary/aromatic N) is 1. The van der Waals surface area contributed by atoms with Gasteiger partial charge in [0.2, 0.25) is 0 Å². The van der Waals surface area contributed by atoms with Crippen molar-refractivity contribution < 1.29 is 4.79 Å². The van der Waals surface area contributed by atoms with Gasteiger partial charge in [-0.25, -0.2) is 0 Å². The van der Waals surface area contributed by atoms with Crippen LogP contribution in [0.4, 0.5) is 0 Å². The number of aryl methyl sites for hydroxylation is 2. The van der Waals surface area contributed by atoms with E-state index in [4.69, 9.17) is 11.6 Å². The van der Waals surface area contributed by atoms with Crippen molar-refractivity contribution in [2.45, 2.75) is 6.92 Å². The van der Waals surface area contributed by atoms with Crippen LogP contribution < -0.4 is 0 Å². The number of halogens is 1. The first-order valence-corrected chi connectivity index (χ1v) is 5.32. The summed E-state index contributed by atoms with van der Waals surface area (Å²) < 4.78 is 1.96. The fourth-order valence-corrected chi connectivity index (χ4v) is 1.93. The molecule has 0 amide bonds. The number of ketones is 1. The van der Waals surface area contributed by atoms with Gasteiger partial charge < -0.3 is 4.57 Å². The molecule has 3 heteroatoms. The molecule has 0 aliphatic rings. The Morgan fingerprint density at radius 1 is 1.47 bits per heavy atom. The molecule has 1 heterocycles. The average Bonchev–Trinajstić information content (AvgIpc) is 2.55. The summed E-state index contributed by atoms with van der Waals surface area (Å²) in [6.45, 7) is 2.04. The first-order valence-electron chi connectivity index (χ1n) is 4.78. The molecule has 0 radical (unpaired) electrons. The van der Waals surface area contributed by atoms with E-state index in [-0.39, 0.29) is 11.7 Å². The summed E-state index contributed by atoms with van der Waals surface area (Å²) in [6.07, 6.45) is 1.84. The molecule has 0 atom stereocenters. The Hall–Kier alpha value is -1.28. The minimum absolute atomic E-state index is 0.0221. The fourth-order valence-electron chi connectivity index (χ4n) is 1.79. The van der Waals surface area contributed by atoms with Crippen molar-refractivity contribution in [2.75, 3.05) is 5.88 Å². The molecule has 0 bridgehead atoms. The van der Waals surface area contributed by atoms with Gasteiger partial charge in [-0.05, 0) is 18.6 Å². The number of rotatable bonds is 2. The van der Waals surface area contributed by atoms with Gasteiger partial charge in [0, 0.05) is 29.7 Å². The van der Waals surface area contributed by atoms with E-state index in [1.807, 2.05) is 36.9 Å². The summed E-state index contributed by atoms with van der Waals surface area (Å²) in [7, 11) is 1.94. The van der Waals surface area contributed by atoms with Crippen molar-refractivity contribution >= 4 is 28.3 Å². The third-order valence-electron chi connectivity index (χ3n) is 2.57. The third-order valence-corrected chi connectivity index (χ3v) is 2.81. The number of carbonyl (C=O) groups excluding carboxylic acids is 1. The Kier molecular flexibility index (Phi) is 2.53. The lowest BCUT2D eigenvalue weighted by Gasteiger charge is -1.97. The average molecular weight is 222 g/mol. The molecule has 0 aliphatic carbocycles. The van der Waals surface area contributed by atoms with Crippen LogP contribution in [-0.2, 0) is 7.05 Å². The highest BCUT2D eigenvalue weighted by atomic mass is 35.5. The predicted octanol–water partition coefficient (Wildman–Crippen LogP) is 2.91. The summed E-state index contributed by atoms with van der Waals surface area (Å²) in [4.78, 5) is 11.6. The largest absolute Gasteiger partial charge is 0.350 e. The fraction of sp³-hybridized carbons (Fsp3) is 0.250. The lowest BCUT2D eigenvalue weighted by molar-refractivity contribution is 0.102. The maximum Gasteiger partial charge on any atom is 0.179 e. The molecule has 0 saturated carbocycles. The Morgan fingerprint density at radius 3 is 2.87 bits per heavy atom. The van der Waals surface area contributed by atoms with E-state index >= 15 is 0 Å². The van der Waals surface area contributed by atoms with Crippen LogP contribution in [0.25, 0.3) is 10.9 Å². The normalized spacial score (nSPS) is 10.9. The second-order valence-electron chi connectivity index (χ2n) is 3.73. The molecule has 0 saturated heterocycles. The van der Waals surface area contributed by atoms with Crippen LogP contribution in [0.3, 0.4) is 0 Å². The van der Waals surface area contributed by atoms with Crippen LogP contribution in [0.1, 0.15) is 15.9 Å². The van der Waals surface area contributed by atoms with Crippen LogP contribution >= 0.6 is 11.6 Å². The molecule has 1 aromatic carbocycles. The van der Waals surface area contributed by atoms with Gasteiger partial charge in [0.05, 0.1) is 5.88 Å². The predicted molar refractivity (Wildman–Crippen MR) is 62.7 cm³/mol. The maximum atomic E-state index is 11.6. The number of carbonyl (C=O) groups is 1. The molecule has 1 aromatic heterocycles. The van der Waals surface area contributed by atoms with Crippen molar-refractivity contribution in [1.29, 1.82) is 0 Å². The molecule has 78 valence electrons. The first kappa shape index (κ1) is 10.2. The van der Waals surface area contributed by atoms with Gasteiger partial charge in [-0.15, -0.1) is 11.6 Å². The topological polar surface area (TPSA) is 22.0 Å². The zero-order valence-corrected chi connectivity index (χ0v) is 9.51. The Bertz CT molecular complexity index is 528. The van der Waals surface area contributed by atoms with Crippen molar-refractivity contribution in [3.8, 4) is 0 Å². The molecule has 0 N–H and O–H groups in total. The molecule has 2 rings (SSSR count). The Morgan fingerprint density at radius 2 is 2.20 bits per heavy atom. The number of fused-ring (bicyclic) bond motifs is 1. The molecule has 0 aliphatic heterocycles. The van der Waals surface area contributed by atoms with Crippen molar-refractivity contribution in [3.63, 3.8) is 0 Å². The van der Waals surface area contributed by atoms with E-state index in [1.54, 1.807) is 0 Å². The first-order chi connectivity index (χ1) is 7.13. The van der Waals surface area contributed by atoms with Gasteiger partial charge in [0.25, 0.3) is 0 Å². The zero-order valence-electron chi connectivity index (χ0n) is 8.75. The van der Waals surface area contributed by atoms with Crippen LogP contribution in [-0.4, -0.2) is 16.2 Å². The van der Waals surface area contributed by atoms with Gasteiger partial charge in [0.15, 0.2) is 5.78 Å². The van der Waals surface area contributed by atoms with E-state index in [9.17, 15) is 4.79 Å². The van der Waals surface area contributed by atoms with Gasteiger partial charge in [0.1, 0.15) is 0 Å². The minimum Gasteiger partial charge on any atom is -0.350 e. The van der Waals surface area contributed by atoms with Crippen LogP contribution in [0.15, 0.2) is 24.4 Å². The Balaban J connectivity index is 2.73. The van der Waals surface area contributed by atoms with Gasteiger partial charge in [-0.3, -0.25) is 4.79 Å². The Labute approximate surface area is 93.5 Å². The van der Waals surface area contributed by atoms with Crippen LogP contribution in [0, 0.1) is 6.92 Å². The lowest BCUT2D eigenvalue weighted by atomic mass is 10.1. The van der Waals surface area contributed by atoms with Gasteiger partial charge in [-0.1, -0.05) is 12.1 Å². The number of benzene rings is 1. The molecule has 0 spiro atoms. The number of hydrogen-bond acceptors (Lipinski definition) is 1. The lowest BCUT2D eigenvalue weighted by Crippen LogP contribution is -1.98. The second kappa shape index (κ2) is 3.70. The number of hydrogen-bond donors (Lipinski definition) is 0. The molecule has 0 unspecified atom stereocenters. The summed E-state index contributed by atoms with van der Waals surface area (Å²) >= 11 is 5.57. The van der Waals surface area contributed by atoms with Crippen molar-refractivity contribution in [2.24, 2.45) is 7.05 Å². The quantitative estimate of drug-likeness (QED) is 0.565. The summed E-state index contributed by atoms with van der Waals surface area (Å²) in [6, 6.07) is 6.05. The summed E-state index contributed by atoms with van der Waals surface area (Å²) in [5.74, 6) is 0.0126. The number of Topliss-reactive ketones (excluding diaryl/α,β-unsaturated/α-hetero) is 1. The van der Waals surface area contributed by atoms with E-state index < -0.39 is 0 Å². The monoisotopic (exact) mass is 221 g/mol. The van der Waals surface area contributed by atoms with Crippen LogP contribution in [0.5, 0.6) is 0 Å². The van der Waals surface area contributed by atoms with E-state index in [0.29, 0.717) is 5.56 Å². The molecule has 2 nitrogen and oxygen atoms in total. The SMILES string of the molecule is Cc1ccc2c(C(=O)CCl)cn(C)c2c1. The van der Waals surface area contributed by atoms with E-state index in [1.165, 1.54) is 5.56 Å². The number of alkyl halides is 1. The van der Waals surface area contributed by atoms with Gasteiger partial charge in [-0.2, -0.15) is 0 Å². The van der Waals surface area contributed by atoms with Crippen LogP contribution in [0.2, 0.25) is 0 Å². The summed E-state index contributed by atoms with van der Waals surface area (Å²) in [5, 5.41) is 0.980. The molecular weight excluding hydrogens is 210 g/mol. The number of aromatic nitrogens is 1. The summed E-state index contributed by atoms with van der Waals surface area (Å²) in [5.41, 5.74) is 2.97. The molecule has 0 fully saturated rings. The maximum absolute atomic E-state index is 11.6. The van der Waals surface area contributed by atoms with Crippen molar-refractivity contribution in [3.05, 3.63) is 35.5 Å². The highest BCUT2D eigenvalue weighted by Crippen LogP contribution is 2.22. The third kappa shape index (κ3) is 1.65. The zero-order chi connectivity index (χ0) is 11.0.